The van der Waals surface area contributed by atoms with Gasteiger partial charge in [0.1, 0.15) is 5.69 Å². The van der Waals surface area contributed by atoms with Crippen LogP contribution in [-0.4, -0.2) is 68.3 Å². The maximum absolute atomic E-state index is 12.6. The van der Waals surface area contributed by atoms with Crippen molar-refractivity contribution in [3.63, 3.8) is 0 Å². The lowest BCUT2D eigenvalue weighted by Gasteiger charge is -2.26. The standard InChI is InChI=1S/C19H31N3O4/c1-4-7-15-16(19(24)25-3)14(2)21-17(15)18(23)20-8-5-6-9-22-10-12-26-13-11-22/h21H,4-13H2,1-3H3,(H,20,23). The number of H-pyrrole nitrogens is 1. The van der Waals surface area contributed by atoms with Crippen molar-refractivity contribution in [1.29, 1.82) is 0 Å². The fraction of sp³-hybridized carbons (Fsp3) is 0.684. The van der Waals surface area contributed by atoms with Crippen molar-refractivity contribution in [3.8, 4) is 0 Å². The van der Waals surface area contributed by atoms with Crippen LogP contribution in [0.3, 0.4) is 0 Å². The summed E-state index contributed by atoms with van der Waals surface area (Å²) in [4.78, 5) is 30.0. The molecule has 1 aromatic heterocycles. The van der Waals surface area contributed by atoms with Gasteiger partial charge in [0.25, 0.3) is 5.91 Å². The maximum atomic E-state index is 12.6. The summed E-state index contributed by atoms with van der Waals surface area (Å²) >= 11 is 0. The predicted octanol–water partition coefficient (Wildman–Crippen LogP) is 1.90. The summed E-state index contributed by atoms with van der Waals surface area (Å²) in [5.74, 6) is -0.551. The van der Waals surface area contributed by atoms with Gasteiger partial charge >= 0.3 is 5.97 Å². The Morgan fingerprint density at radius 3 is 2.65 bits per heavy atom. The van der Waals surface area contributed by atoms with E-state index in [2.05, 4.69) is 15.2 Å². The van der Waals surface area contributed by atoms with Gasteiger partial charge in [-0.05, 0) is 38.3 Å². The number of hydrogen-bond donors (Lipinski definition) is 2. The molecule has 0 aromatic carbocycles. The number of amides is 1. The molecule has 1 fully saturated rings. The number of aryl methyl sites for hydroxylation is 1. The predicted molar refractivity (Wildman–Crippen MR) is 99.7 cm³/mol. The zero-order valence-corrected chi connectivity index (χ0v) is 16.2. The molecule has 7 nitrogen and oxygen atoms in total. The van der Waals surface area contributed by atoms with Gasteiger partial charge in [-0.2, -0.15) is 0 Å². The molecule has 0 atom stereocenters. The Hall–Kier alpha value is -1.86. The average Bonchev–Trinajstić information content (AvgIpc) is 2.98. The van der Waals surface area contributed by atoms with E-state index in [0.29, 0.717) is 29.9 Å². The molecule has 1 aliphatic rings. The zero-order chi connectivity index (χ0) is 18.9. The third-order valence-electron chi connectivity index (χ3n) is 4.70. The zero-order valence-electron chi connectivity index (χ0n) is 16.2. The van der Waals surface area contributed by atoms with Gasteiger partial charge in [-0.25, -0.2) is 4.79 Å². The largest absolute Gasteiger partial charge is 0.465 e. The number of hydrogen-bond acceptors (Lipinski definition) is 5. The molecule has 2 heterocycles. The summed E-state index contributed by atoms with van der Waals surface area (Å²) in [6.45, 7) is 9.09. The third kappa shape index (κ3) is 5.32. The van der Waals surface area contributed by atoms with Gasteiger partial charge in [0.15, 0.2) is 0 Å². The molecule has 0 unspecified atom stereocenters. The van der Waals surface area contributed by atoms with Crippen LogP contribution in [-0.2, 0) is 15.9 Å². The summed E-state index contributed by atoms with van der Waals surface area (Å²) in [6.07, 6.45) is 3.48. The summed E-state index contributed by atoms with van der Waals surface area (Å²) < 4.78 is 10.2. The van der Waals surface area contributed by atoms with Crippen molar-refractivity contribution >= 4 is 11.9 Å². The highest BCUT2D eigenvalue weighted by molar-refractivity contribution is 6.00. The number of rotatable bonds is 9. The normalized spacial score (nSPS) is 15.0. The van der Waals surface area contributed by atoms with E-state index in [1.54, 1.807) is 6.92 Å². The first-order chi connectivity index (χ1) is 12.6. The molecule has 0 aliphatic carbocycles. The van der Waals surface area contributed by atoms with Gasteiger partial charge in [-0.15, -0.1) is 0 Å². The number of carbonyl (C=O) groups is 2. The van der Waals surface area contributed by atoms with Crippen LogP contribution in [0.5, 0.6) is 0 Å². The van der Waals surface area contributed by atoms with E-state index in [4.69, 9.17) is 9.47 Å². The lowest BCUT2D eigenvalue weighted by atomic mass is 10.0. The Balaban J connectivity index is 1.87. The second-order valence-corrected chi connectivity index (χ2v) is 6.64. The highest BCUT2D eigenvalue weighted by Crippen LogP contribution is 2.21. The number of nitrogens with one attached hydrogen (secondary N) is 2. The first kappa shape index (κ1) is 20.5. The van der Waals surface area contributed by atoms with Crippen molar-refractivity contribution in [2.45, 2.75) is 39.5 Å². The van der Waals surface area contributed by atoms with Crippen LogP contribution >= 0.6 is 0 Å². The Bertz CT molecular complexity index is 606. The smallest absolute Gasteiger partial charge is 0.339 e. The van der Waals surface area contributed by atoms with Crippen LogP contribution < -0.4 is 5.32 Å². The van der Waals surface area contributed by atoms with E-state index in [0.717, 1.165) is 57.7 Å². The number of esters is 1. The number of carbonyl (C=O) groups excluding carboxylic acids is 2. The lowest BCUT2D eigenvalue weighted by molar-refractivity contribution is 0.0372. The van der Waals surface area contributed by atoms with Gasteiger partial charge in [0.05, 0.1) is 25.9 Å². The van der Waals surface area contributed by atoms with Crippen molar-refractivity contribution in [3.05, 3.63) is 22.5 Å². The highest BCUT2D eigenvalue weighted by Gasteiger charge is 2.24. The highest BCUT2D eigenvalue weighted by atomic mass is 16.5. The summed E-state index contributed by atoms with van der Waals surface area (Å²) in [5.41, 5.74) is 2.41. The molecule has 1 saturated heterocycles. The Labute approximate surface area is 155 Å². The van der Waals surface area contributed by atoms with Crippen LogP contribution in [0.25, 0.3) is 0 Å². The quantitative estimate of drug-likeness (QED) is 0.516. The molecule has 146 valence electrons. The van der Waals surface area contributed by atoms with E-state index in [9.17, 15) is 9.59 Å². The maximum Gasteiger partial charge on any atom is 0.339 e. The first-order valence-electron chi connectivity index (χ1n) is 9.46. The molecule has 1 aromatic rings. The summed E-state index contributed by atoms with van der Waals surface area (Å²) in [6, 6.07) is 0. The molecular weight excluding hydrogens is 334 g/mol. The van der Waals surface area contributed by atoms with Crippen LogP contribution in [0.15, 0.2) is 0 Å². The number of morpholine rings is 1. The molecule has 2 N–H and O–H groups in total. The molecule has 0 spiro atoms. The molecule has 7 heteroatoms. The summed E-state index contributed by atoms with van der Waals surface area (Å²) in [5, 5.41) is 2.97. The molecule has 0 saturated carbocycles. The van der Waals surface area contributed by atoms with E-state index in [1.807, 2.05) is 6.92 Å². The first-order valence-corrected chi connectivity index (χ1v) is 9.46. The van der Waals surface area contributed by atoms with Crippen molar-refractivity contribution < 1.29 is 19.1 Å². The van der Waals surface area contributed by atoms with Gasteiger partial charge in [-0.3, -0.25) is 9.69 Å². The topological polar surface area (TPSA) is 83.7 Å². The minimum Gasteiger partial charge on any atom is -0.465 e. The molecular formula is C19H31N3O4. The van der Waals surface area contributed by atoms with E-state index >= 15 is 0 Å². The van der Waals surface area contributed by atoms with Crippen LogP contribution in [0.1, 0.15) is 58.3 Å². The van der Waals surface area contributed by atoms with Gasteiger partial charge in [0.2, 0.25) is 0 Å². The average molecular weight is 365 g/mol. The molecule has 1 amide bonds. The van der Waals surface area contributed by atoms with E-state index in [1.165, 1.54) is 7.11 Å². The van der Waals surface area contributed by atoms with Crippen molar-refractivity contribution in [2.24, 2.45) is 0 Å². The second-order valence-electron chi connectivity index (χ2n) is 6.64. The van der Waals surface area contributed by atoms with Gasteiger partial charge in [-0.1, -0.05) is 13.3 Å². The molecule has 0 radical (unpaired) electrons. The molecule has 0 bridgehead atoms. The van der Waals surface area contributed by atoms with Gasteiger partial charge in [0, 0.05) is 25.3 Å². The fourth-order valence-corrected chi connectivity index (χ4v) is 3.32. The van der Waals surface area contributed by atoms with E-state index < -0.39 is 5.97 Å². The van der Waals surface area contributed by atoms with Gasteiger partial charge < -0.3 is 19.8 Å². The SMILES string of the molecule is CCCc1c(C(=O)NCCCCN2CCOCC2)[nH]c(C)c1C(=O)OC. The second kappa shape index (κ2) is 10.3. The van der Waals surface area contributed by atoms with Crippen LogP contribution in [0, 0.1) is 6.92 Å². The Morgan fingerprint density at radius 2 is 2.00 bits per heavy atom. The number of aromatic amines is 1. The lowest BCUT2D eigenvalue weighted by Crippen LogP contribution is -2.37. The number of ether oxygens (including phenoxy) is 2. The fourth-order valence-electron chi connectivity index (χ4n) is 3.32. The Kier molecular flexibility index (Phi) is 8.12. The van der Waals surface area contributed by atoms with Crippen molar-refractivity contribution in [2.75, 3.05) is 46.5 Å². The number of aromatic nitrogens is 1. The van der Waals surface area contributed by atoms with Crippen LogP contribution in [0.4, 0.5) is 0 Å². The summed E-state index contributed by atoms with van der Waals surface area (Å²) in [7, 11) is 1.36. The minimum absolute atomic E-state index is 0.155. The monoisotopic (exact) mass is 365 g/mol. The van der Waals surface area contributed by atoms with Crippen molar-refractivity contribution in [1.82, 2.24) is 15.2 Å². The Morgan fingerprint density at radius 1 is 1.27 bits per heavy atom. The minimum atomic E-state index is -0.397. The number of nitrogens with zero attached hydrogens (tertiary/aromatic N) is 1. The number of methoxy groups -OCH3 is 1. The number of unbranched alkanes of at least 4 members (excludes halogenated alkanes) is 1. The van der Waals surface area contributed by atoms with Crippen LogP contribution in [0.2, 0.25) is 0 Å². The molecule has 2 rings (SSSR count). The molecule has 26 heavy (non-hydrogen) atoms. The third-order valence-corrected chi connectivity index (χ3v) is 4.70. The molecule has 1 aliphatic heterocycles. The van der Waals surface area contributed by atoms with E-state index in [-0.39, 0.29) is 5.91 Å².